The summed E-state index contributed by atoms with van der Waals surface area (Å²) in [5.74, 6) is 1.20. The van der Waals surface area contributed by atoms with Gasteiger partial charge in [-0.3, -0.25) is 4.79 Å². The minimum absolute atomic E-state index is 0.223. The van der Waals surface area contributed by atoms with Crippen LogP contribution in [0, 0.1) is 5.92 Å². The third kappa shape index (κ3) is 4.78. The van der Waals surface area contributed by atoms with Crippen molar-refractivity contribution in [2.24, 2.45) is 5.92 Å². The fourth-order valence-corrected chi connectivity index (χ4v) is 2.11. The maximum atomic E-state index is 12.1. The minimum atomic E-state index is -0.223. The zero-order chi connectivity index (χ0) is 15.9. The van der Waals surface area contributed by atoms with Gasteiger partial charge in [-0.25, -0.2) is 0 Å². The number of carbonyl (C=O) groups excluding carboxylic acids is 1. The summed E-state index contributed by atoms with van der Waals surface area (Å²) in [4.78, 5) is 12.1. The zero-order valence-corrected chi connectivity index (χ0v) is 13.6. The molecule has 0 aliphatic rings. The number of hydrogen-bond acceptors (Lipinski definition) is 2. The van der Waals surface area contributed by atoms with Gasteiger partial charge in [0.05, 0.1) is 17.2 Å². The van der Waals surface area contributed by atoms with Crippen LogP contribution in [0.1, 0.15) is 30.6 Å². The van der Waals surface area contributed by atoms with Crippen LogP contribution in [-0.2, 0) is 0 Å². The van der Waals surface area contributed by atoms with Crippen molar-refractivity contribution >= 4 is 23.2 Å². The Hall–Kier alpha value is -2.00. The quantitative estimate of drug-likeness (QED) is 0.812. The van der Waals surface area contributed by atoms with Gasteiger partial charge in [0.2, 0.25) is 0 Å². The lowest BCUT2D eigenvalue weighted by Gasteiger charge is -2.10. The molecular weight excluding hydrogens is 298 g/mol. The van der Waals surface area contributed by atoms with Crippen molar-refractivity contribution in [1.29, 1.82) is 0 Å². The van der Waals surface area contributed by atoms with Gasteiger partial charge in [0, 0.05) is 5.69 Å². The molecule has 0 bridgehead atoms. The average molecular weight is 318 g/mol. The number of hydrogen-bond donors (Lipinski definition) is 1. The molecule has 1 N–H and O–H groups in total. The summed E-state index contributed by atoms with van der Waals surface area (Å²) in [6.45, 7) is 5.02. The van der Waals surface area contributed by atoms with E-state index < -0.39 is 0 Å². The zero-order valence-electron chi connectivity index (χ0n) is 12.8. The Kier molecular flexibility index (Phi) is 5.84. The molecule has 0 radical (unpaired) electrons. The van der Waals surface area contributed by atoms with Gasteiger partial charge in [0.15, 0.2) is 0 Å². The van der Waals surface area contributed by atoms with Crippen LogP contribution in [-0.4, -0.2) is 12.5 Å². The van der Waals surface area contributed by atoms with Crippen molar-refractivity contribution in [1.82, 2.24) is 0 Å². The van der Waals surface area contributed by atoms with E-state index >= 15 is 0 Å². The van der Waals surface area contributed by atoms with E-state index in [1.807, 2.05) is 24.3 Å². The first kappa shape index (κ1) is 16.4. The van der Waals surface area contributed by atoms with Crippen LogP contribution in [0.15, 0.2) is 48.5 Å². The second kappa shape index (κ2) is 7.85. The minimum Gasteiger partial charge on any atom is -0.494 e. The lowest BCUT2D eigenvalue weighted by atomic mass is 10.1. The first-order valence-corrected chi connectivity index (χ1v) is 7.73. The maximum Gasteiger partial charge on any atom is 0.257 e. The molecule has 2 aromatic carbocycles. The number of halogens is 1. The maximum absolute atomic E-state index is 12.1. The average Bonchev–Trinajstić information content (AvgIpc) is 2.49. The number of benzene rings is 2. The fraction of sp³-hybridized carbons (Fsp3) is 0.278. The summed E-state index contributed by atoms with van der Waals surface area (Å²) in [7, 11) is 0. The van der Waals surface area contributed by atoms with Crippen LogP contribution >= 0.6 is 11.6 Å². The van der Waals surface area contributed by atoms with Crippen LogP contribution < -0.4 is 10.1 Å². The Labute approximate surface area is 136 Å². The Morgan fingerprint density at radius 3 is 2.45 bits per heavy atom. The number of carbonyl (C=O) groups is 1. The lowest BCUT2D eigenvalue weighted by Crippen LogP contribution is -2.12. The molecule has 0 saturated carbocycles. The van der Waals surface area contributed by atoms with E-state index in [4.69, 9.17) is 16.3 Å². The molecule has 0 saturated heterocycles. The third-order valence-electron chi connectivity index (χ3n) is 3.19. The van der Waals surface area contributed by atoms with E-state index in [-0.39, 0.29) is 5.91 Å². The highest BCUT2D eigenvalue weighted by molar-refractivity contribution is 6.34. The smallest absolute Gasteiger partial charge is 0.257 e. The van der Waals surface area contributed by atoms with Crippen LogP contribution in [0.25, 0.3) is 0 Å². The Morgan fingerprint density at radius 2 is 1.82 bits per heavy atom. The summed E-state index contributed by atoms with van der Waals surface area (Å²) in [5.41, 5.74) is 1.17. The molecule has 0 fully saturated rings. The SMILES string of the molecule is CC(C)CCOc1ccc(NC(=O)c2ccccc2Cl)cc1. The van der Waals surface area contributed by atoms with E-state index in [0.717, 1.165) is 12.2 Å². The highest BCUT2D eigenvalue weighted by atomic mass is 35.5. The first-order chi connectivity index (χ1) is 10.6. The normalized spacial score (nSPS) is 10.5. The molecular formula is C18H20ClNO2. The highest BCUT2D eigenvalue weighted by Gasteiger charge is 2.09. The van der Waals surface area contributed by atoms with Gasteiger partial charge in [-0.15, -0.1) is 0 Å². The summed E-state index contributed by atoms with van der Waals surface area (Å²) in [6.07, 6.45) is 1.02. The van der Waals surface area contributed by atoms with Crippen LogP contribution in [0.5, 0.6) is 5.75 Å². The molecule has 4 heteroatoms. The van der Waals surface area contributed by atoms with E-state index in [1.54, 1.807) is 24.3 Å². The predicted molar refractivity (Wildman–Crippen MR) is 90.8 cm³/mol. The van der Waals surface area contributed by atoms with Gasteiger partial charge in [-0.05, 0) is 48.7 Å². The Bertz CT molecular complexity index is 623. The van der Waals surface area contributed by atoms with Gasteiger partial charge in [-0.1, -0.05) is 37.6 Å². The highest BCUT2D eigenvalue weighted by Crippen LogP contribution is 2.19. The second-order valence-electron chi connectivity index (χ2n) is 5.49. The molecule has 0 atom stereocenters. The molecule has 1 amide bonds. The Morgan fingerprint density at radius 1 is 1.14 bits per heavy atom. The van der Waals surface area contributed by atoms with Crippen molar-refractivity contribution in [2.75, 3.05) is 11.9 Å². The molecule has 2 rings (SSSR count). The largest absolute Gasteiger partial charge is 0.494 e. The van der Waals surface area contributed by atoms with Gasteiger partial charge in [-0.2, -0.15) is 0 Å². The van der Waals surface area contributed by atoms with Crippen LogP contribution in [0.3, 0.4) is 0 Å². The molecule has 0 aliphatic carbocycles. The van der Waals surface area contributed by atoms with Crippen molar-refractivity contribution in [3.05, 3.63) is 59.1 Å². The first-order valence-electron chi connectivity index (χ1n) is 7.35. The van der Waals surface area contributed by atoms with Crippen LogP contribution in [0.4, 0.5) is 5.69 Å². The van der Waals surface area contributed by atoms with E-state index in [1.165, 1.54) is 0 Å². The summed E-state index contributed by atoms with van der Waals surface area (Å²) < 4.78 is 5.65. The fourth-order valence-electron chi connectivity index (χ4n) is 1.89. The van der Waals surface area contributed by atoms with Crippen LogP contribution in [0.2, 0.25) is 5.02 Å². The number of nitrogens with one attached hydrogen (secondary N) is 1. The summed E-state index contributed by atoms with van der Waals surface area (Å²) >= 11 is 6.01. The van der Waals surface area contributed by atoms with Crippen molar-refractivity contribution in [3.8, 4) is 5.75 Å². The van der Waals surface area contributed by atoms with E-state index in [0.29, 0.717) is 28.8 Å². The second-order valence-corrected chi connectivity index (χ2v) is 5.90. The monoisotopic (exact) mass is 317 g/mol. The molecule has 0 spiro atoms. The predicted octanol–water partition coefficient (Wildman–Crippen LogP) is 5.02. The topological polar surface area (TPSA) is 38.3 Å². The molecule has 0 heterocycles. The van der Waals surface area contributed by atoms with E-state index in [2.05, 4.69) is 19.2 Å². The molecule has 0 unspecified atom stereocenters. The van der Waals surface area contributed by atoms with Gasteiger partial charge >= 0.3 is 0 Å². The molecule has 116 valence electrons. The van der Waals surface area contributed by atoms with Gasteiger partial charge < -0.3 is 10.1 Å². The number of ether oxygens (including phenoxy) is 1. The van der Waals surface area contributed by atoms with E-state index in [9.17, 15) is 4.79 Å². The van der Waals surface area contributed by atoms with Crippen molar-refractivity contribution < 1.29 is 9.53 Å². The van der Waals surface area contributed by atoms with Crippen molar-refractivity contribution in [3.63, 3.8) is 0 Å². The summed E-state index contributed by atoms with van der Waals surface area (Å²) in [6, 6.07) is 14.3. The number of amides is 1. The molecule has 2 aromatic rings. The lowest BCUT2D eigenvalue weighted by molar-refractivity contribution is 0.102. The number of anilines is 1. The van der Waals surface area contributed by atoms with Gasteiger partial charge in [0.25, 0.3) is 5.91 Å². The summed E-state index contributed by atoms with van der Waals surface area (Å²) in [5, 5.41) is 3.26. The number of rotatable bonds is 6. The molecule has 22 heavy (non-hydrogen) atoms. The third-order valence-corrected chi connectivity index (χ3v) is 3.52. The van der Waals surface area contributed by atoms with Gasteiger partial charge in [0.1, 0.15) is 5.75 Å². The van der Waals surface area contributed by atoms with Crippen molar-refractivity contribution in [2.45, 2.75) is 20.3 Å². The molecule has 0 aliphatic heterocycles. The molecule has 0 aromatic heterocycles. The Balaban J connectivity index is 1.94. The molecule has 3 nitrogen and oxygen atoms in total. The standard InChI is InChI=1S/C18H20ClNO2/c1-13(2)11-12-22-15-9-7-14(8-10-15)20-18(21)16-5-3-4-6-17(16)19/h3-10,13H,11-12H2,1-2H3,(H,20,21).